The highest BCUT2D eigenvalue weighted by Crippen LogP contribution is 1.90. The van der Waals surface area contributed by atoms with Crippen LogP contribution >= 0.6 is 0 Å². The average Bonchev–Trinajstić information content (AvgIpc) is 2.07. The Morgan fingerprint density at radius 3 is 1.23 bits per heavy atom. The second-order valence-electron chi connectivity index (χ2n) is 1.87. The van der Waals surface area contributed by atoms with Crippen molar-refractivity contribution in [1.82, 2.24) is 0 Å². The van der Waals surface area contributed by atoms with Crippen molar-refractivity contribution in [3.8, 4) is 0 Å². The van der Waals surface area contributed by atoms with Crippen LogP contribution in [0.15, 0.2) is 0 Å². The fourth-order valence-corrected chi connectivity index (χ4v) is 1.44. The maximum Gasteiger partial charge on any atom is 0.577 e. The topological polar surface area (TPSA) is 47.9 Å². The van der Waals surface area contributed by atoms with Gasteiger partial charge >= 0.3 is 9.53 Å². The van der Waals surface area contributed by atoms with Gasteiger partial charge < -0.3 is 18.4 Å². The molecule has 0 unspecified atom stereocenters. The zero-order chi connectivity index (χ0) is 10.5. The molecule has 0 aromatic carbocycles. The molecule has 0 aliphatic heterocycles. The monoisotopic (exact) mass is 209 g/mol. The normalized spacial score (nSPS) is 9.69. The summed E-state index contributed by atoms with van der Waals surface area (Å²) in [6, 6.07) is 0. The predicted octanol–water partition coefficient (Wildman–Crippen LogP) is 1.08. The van der Waals surface area contributed by atoms with E-state index in [1.54, 1.807) is 6.92 Å². The van der Waals surface area contributed by atoms with Gasteiger partial charge in [-0.2, -0.15) is 0 Å². The molecule has 0 saturated heterocycles. The summed E-state index contributed by atoms with van der Waals surface area (Å²) in [5, 5.41) is 7.57. The molecule has 1 N–H and O–H groups in total. The van der Waals surface area contributed by atoms with Crippen LogP contribution < -0.4 is 0 Å². The molecule has 0 atom stereocenters. The zero-order valence-corrected chi connectivity index (χ0v) is 10.0. The average molecular weight is 209 g/mol. The Hall–Kier alpha value is 0.0569. The fourth-order valence-electron chi connectivity index (χ4n) is 0.479. The molecule has 13 heavy (non-hydrogen) atoms. The predicted molar refractivity (Wildman–Crippen MR) is 53.4 cm³/mol. The highest BCUT2D eigenvalue weighted by Gasteiger charge is 2.15. The SMILES string of the molecule is CCO.CCO[Si](OCC)OCC. The molecule has 0 aromatic rings. The van der Waals surface area contributed by atoms with Crippen molar-refractivity contribution < 1.29 is 18.4 Å². The third-order valence-electron chi connectivity index (χ3n) is 0.787. The Balaban J connectivity index is 0. The van der Waals surface area contributed by atoms with Crippen molar-refractivity contribution in [1.29, 1.82) is 0 Å². The van der Waals surface area contributed by atoms with Gasteiger partial charge in [0.2, 0.25) is 0 Å². The number of aliphatic hydroxyl groups is 1. The number of hydrogen-bond acceptors (Lipinski definition) is 4. The molecular weight excluding hydrogens is 188 g/mol. The van der Waals surface area contributed by atoms with Gasteiger partial charge in [0.15, 0.2) is 0 Å². The van der Waals surface area contributed by atoms with E-state index in [4.69, 9.17) is 18.4 Å². The van der Waals surface area contributed by atoms with Gasteiger partial charge in [0.05, 0.1) is 0 Å². The summed E-state index contributed by atoms with van der Waals surface area (Å²) in [5.41, 5.74) is 0. The molecule has 81 valence electrons. The quantitative estimate of drug-likeness (QED) is 0.665. The minimum Gasteiger partial charge on any atom is -0.397 e. The van der Waals surface area contributed by atoms with Gasteiger partial charge in [-0.3, -0.25) is 0 Å². The van der Waals surface area contributed by atoms with Crippen molar-refractivity contribution >= 4 is 9.53 Å². The maximum atomic E-state index is 7.57. The smallest absolute Gasteiger partial charge is 0.397 e. The van der Waals surface area contributed by atoms with Crippen LogP contribution in [0, 0.1) is 0 Å². The largest absolute Gasteiger partial charge is 0.577 e. The van der Waals surface area contributed by atoms with E-state index in [-0.39, 0.29) is 6.61 Å². The molecular formula is C8H21O4Si. The lowest BCUT2D eigenvalue weighted by molar-refractivity contribution is 0.107. The first-order chi connectivity index (χ1) is 6.26. The van der Waals surface area contributed by atoms with E-state index in [2.05, 4.69) is 0 Å². The van der Waals surface area contributed by atoms with Gasteiger partial charge in [-0.05, 0) is 27.7 Å². The highest BCUT2D eigenvalue weighted by atomic mass is 28.3. The van der Waals surface area contributed by atoms with Crippen molar-refractivity contribution in [3.63, 3.8) is 0 Å². The van der Waals surface area contributed by atoms with E-state index >= 15 is 0 Å². The van der Waals surface area contributed by atoms with Crippen LogP contribution in [0.25, 0.3) is 0 Å². The molecule has 0 amide bonds. The van der Waals surface area contributed by atoms with Gasteiger partial charge in [0, 0.05) is 26.4 Å². The second-order valence-corrected chi connectivity index (χ2v) is 3.23. The number of hydrogen-bond donors (Lipinski definition) is 1. The zero-order valence-electron chi connectivity index (χ0n) is 9.00. The Labute approximate surface area is 82.8 Å². The summed E-state index contributed by atoms with van der Waals surface area (Å²) in [6.07, 6.45) is 0. The first-order valence-electron chi connectivity index (χ1n) is 4.62. The van der Waals surface area contributed by atoms with Crippen molar-refractivity contribution in [2.45, 2.75) is 27.7 Å². The summed E-state index contributed by atoms with van der Waals surface area (Å²) in [7, 11) is -1.40. The molecule has 0 aromatic heterocycles. The summed E-state index contributed by atoms with van der Waals surface area (Å²) in [6.45, 7) is 9.71. The highest BCUT2D eigenvalue weighted by molar-refractivity contribution is 6.36. The Kier molecular flexibility index (Phi) is 17.4. The van der Waals surface area contributed by atoms with E-state index < -0.39 is 9.53 Å². The third kappa shape index (κ3) is 14.9. The van der Waals surface area contributed by atoms with Crippen LogP contribution in [0.3, 0.4) is 0 Å². The molecule has 4 nitrogen and oxygen atoms in total. The minimum atomic E-state index is -1.40. The minimum absolute atomic E-state index is 0.250. The van der Waals surface area contributed by atoms with Gasteiger partial charge in [-0.1, -0.05) is 0 Å². The summed E-state index contributed by atoms with van der Waals surface area (Å²) in [4.78, 5) is 0. The van der Waals surface area contributed by atoms with Crippen molar-refractivity contribution in [2.75, 3.05) is 26.4 Å². The van der Waals surface area contributed by atoms with E-state index in [9.17, 15) is 0 Å². The standard InChI is InChI=1S/C6H15O3Si.C2H6O/c1-4-7-10(8-5-2)9-6-3;1-2-3/h4-6H2,1-3H3;3H,2H2,1H3. The summed E-state index contributed by atoms with van der Waals surface area (Å²) < 4.78 is 15.5. The van der Waals surface area contributed by atoms with Gasteiger partial charge in [0.25, 0.3) is 0 Å². The molecule has 0 spiro atoms. The van der Waals surface area contributed by atoms with Crippen LogP contribution in [0.2, 0.25) is 0 Å². The second kappa shape index (κ2) is 14.6. The van der Waals surface area contributed by atoms with Gasteiger partial charge in [0.1, 0.15) is 0 Å². The van der Waals surface area contributed by atoms with Crippen LogP contribution in [0.1, 0.15) is 27.7 Å². The van der Waals surface area contributed by atoms with E-state index in [1.165, 1.54) is 0 Å². The molecule has 0 rings (SSSR count). The van der Waals surface area contributed by atoms with Crippen LogP contribution in [-0.2, 0) is 13.3 Å². The molecule has 0 heterocycles. The van der Waals surface area contributed by atoms with Crippen LogP contribution in [-0.4, -0.2) is 41.1 Å². The summed E-state index contributed by atoms with van der Waals surface area (Å²) >= 11 is 0. The lowest BCUT2D eigenvalue weighted by atomic mass is 10.9. The van der Waals surface area contributed by atoms with E-state index in [0.29, 0.717) is 19.8 Å². The van der Waals surface area contributed by atoms with E-state index in [1.807, 2.05) is 20.8 Å². The van der Waals surface area contributed by atoms with Crippen molar-refractivity contribution in [3.05, 3.63) is 0 Å². The van der Waals surface area contributed by atoms with Gasteiger partial charge in [-0.15, -0.1) is 0 Å². The molecule has 5 heteroatoms. The number of rotatable bonds is 6. The van der Waals surface area contributed by atoms with E-state index in [0.717, 1.165) is 0 Å². The number of aliphatic hydroxyl groups excluding tert-OH is 1. The molecule has 0 aliphatic carbocycles. The van der Waals surface area contributed by atoms with Crippen molar-refractivity contribution in [2.24, 2.45) is 0 Å². The van der Waals surface area contributed by atoms with Gasteiger partial charge in [-0.25, -0.2) is 0 Å². The third-order valence-corrected chi connectivity index (χ3v) is 2.36. The Morgan fingerprint density at radius 1 is 0.846 bits per heavy atom. The fraction of sp³-hybridized carbons (Fsp3) is 1.00. The lowest BCUT2D eigenvalue weighted by Crippen LogP contribution is -2.27. The lowest BCUT2D eigenvalue weighted by Gasteiger charge is -2.10. The maximum absolute atomic E-state index is 7.57. The molecule has 0 fully saturated rings. The first-order valence-corrected chi connectivity index (χ1v) is 5.85. The molecule has 0 saturated carbocycles. The van der Waals surface area contributed by atoms with Crippen LogP contribution in [0.5, 0.6) is 0 Å². The summed E-state index contributed by atoms with van der Waals surface area (Å²) in [5.74, 6) is 0. The molecule has 0 aliphatic rings. The molecule has 0 bridgehead atoms. The Morgan fingerprint density at radius 2 is 1.08 bits per heavy atom. The van der Waals surface area contributed by atoms with Crippen LogP contribution in [0.4, 0.5) is 0 Å². The molecule has 1 radical (unpaired) electrons. The Bertz CT molecular complexity index is 68.3. The first kappa shape index (κ1) is 15.5.